The molecule has 6 nitrogen and oxygen atoms in total. The van der Waals surface area contributed by atoms with Crippen molar-refractivity contribution in [2.24, 2.45) is 5.73 Å². The van der Waals surface area contributed by atoms with Crippen LogP contribution in [-0.2, 0) is 33.8 Å². The molecule has 0 fully saturated rings. The Balaban J connectivity index is 1.57. The Kier molecular flexibility index (Phi) is 7.85. The number of para-hydroxylation sites is 1. The van der Waals surface area contributed by atoms with Crippen molar-refractivity contribution in [2.45, 2.75) is 39.5 Å². The summed E-state index contributed by atoms with van der Waals surface area (Å²) in [5.74, 6) is 0.336. The number of ether oxygens (including phenoxy) is 3. The van der Waals surface area contributed by atoms with E-state index in [1.807, 2.05) is 43.3 Å². The van der Waals surface area contributed by atoms with Gasteiger partial charge in [0.1, 0.15) is 24.0 Å². The van der Waals surface area contributed by atoms with Crippen molar-refractivity contribution in [2.75, 3.05) is 13.7 Å². The van der Waals surface area contributed by atoms with Crippen molar-refractivity contribution in [1.82, 2.24) is 0 Å². The third-order valence-corrected chi connectivity index (χ3v) is 5.84. The van der Waals surface area contributed by atoms with Gasteiger partial charge in [-0.3, -0.25) is 4.79 Å². The van der Waals surface area contributed by atoms with E-state index < -0.39 is 0 Å². The van der Waals surface area contributed by atoms with Gasteiger partial charge in [0.05, 0.1) is 19.3 Å². The van der Waals surface area contributed by atoms with E-state index in [4.69, 9.17) is 24.4 Å². The Labute approximate surface area is 205 Å². The molecule has 35 heavy (non-hydrogen) atoms. The van der Waals surface area contributed by atoms with Crippen LogP contribution in [0.15, 0.2) is 71.3 Å². The molecule has 0 bridgehead atoms. The highest BCUT2D eigenvalue weighted by molar-refractivity contribution is 5.95. The van der Waals surface area contributed by atoms with Gasteiger partial charge in [0, 0.05) is 30.2 Å². The van der Waals surface area contributed by atoms with Crippen LogP contribution in [-0.4, -0.2) is 25.8 Å². The number of carbonyl (C=O) groups excluding carboxylic acids is 1. The van der Waals surface area contributed by atoms with E-state index in [0.29, 0.717) is 25.5 Å². The highest BCUT2D eigenvalue weighted by Gasteiger charge is 2.15. The van der Waals surface area contributed by atoms with Gasteiger partial charge in [0.15, 0.2) is 0 Å². The first kappa shape index (κ1) is 24.5. The van der Waals surface area contributed by atoms with Gasteiger partial charge in [-0.25, -0.2) is 0 Å². The summed E-state index contributed by atoms with van der Waals surface area (Å²) >= 11 is 0. The van der Waals surface area contributed by atoms with E-state index in [9.17, 15) is 4.79 Å². The van der Waals surface area contributed by atoms with Crippen LogP contribution in [0.1, 0.15) is 29.2 Å². The highest BCUT2D eigenvalue weighted by Crippen LogP contribution is 2.34. The smallest absolute Gasteiger partial charge is 0.310 e. The van der Waals surface area contributed by atoms with Crippen LogP contribution in [0.25, 0.3) is 22.1 Å². The Morgan fingerprint density at radius 2 is 1.89 bits per heavy atom. The second-order valence-electron chi connectivity index (χ2n) is 8.67. The number of aryl methyl sites for hydroxylation is 1. The summed E-state index contributed by atoms with van der Waals surface area (Å²) in [6.45, 7) is 5.01. The molecule has 1 atom stereocenters. The summed E-state index contributed by atoms with van der Waals surface area (Å²) in [7, 11) is 1.58. The van der Waals surface area contributed by atoms with E-state index in [-0.39, 0.29) is 18.5 Å². The second kappa shape index (κ2) is 11.2. The molecule has 4 rings (SSSR count). The summed E-state index contributed by atoms with van der Waals surface area (Å²) in [6, 6.07) is 19.9. The average molecular weight is 474 g/mol. The fourth-order valence-corrected chi connectivity index (χ4v) is 4.12. The van der Waals surface area contributed by atoms with Crippen molar-refractivity contribution in [3.63, 3.8) is 0 Å². The molecule has 3 aromatic carbocycles. The predicted molar refractivity (Wildman–Crippen MR) is 136 cm³/mol. The molecule has 0 aliphatic rings. The van der Waals surface area contributed by atoms with E-state index in [1.165, 1.54) is 0 Å². The molecular weight excluding hydrogens is 442 g/mol. The van der Waals surface area contributed by atoms with Crippen molar-refractivity contribution in [3.05, 3.63) is 89.2 Å². The maximum atomic E-state index is 12.4. The maximum absolute atomic E-state index is 12.4. The SMILES string of the molecule is COCC(C)OC(=O)Cc1ccccc1OCc1cc(-c2cccc(CN)c2)c2occ(C)c2c1. The molecule has 0 radical (unpaired) electrons. The lowest BCUT2D eigenvalue weighted by Crippen LogP contribution is -2.21. The Bertz CT molecular complexity index is 1310. The number of hydrogen-bond donors (Lipinski definition) is 1. The number of nitrogens with two attached hydrogens (primary N) is 1. The third-order valence-electron chi connectivity index (χ3n) is 5.84. The fourth-order valence-electron chi connectivity index (χ4n) is 4.12. The normalized spacial score (nSPS) is 12.0. The monoisotopic (exact) mass is 473 g/mol. The van der Waals surface area contributed by atoms with Crippen molar-refractivity contribution in [1.29, 1.82) is 0 Å². The molecular formula is C29H31NO5. The minimum absolute atomic E-state index is 0.126. The van der Waals surface area contributed by atoms with Crippen LogP contribution < -0.4 is 10.5 Å². The van der Waals surface area contributed by atoms with Gasteiger partial charge in [0.25, 0.3) is 0 Å². The van der Waals surface area contributed by atoms with Gasteiger partial charge in [-0.2, -0.15) is 0 Å². The molecule has 1 heterocycles. The molecule has 0 spiro atoms. The van der Waals surface area contributed by atoms with E-state index >= 15 is 0 Å². The van der Waals surface area contributed by atoms with E-state index in [1.54, 1.807) is 20.3 Å². The zero-order valence-corrected chi connectivity index (χ0v) is 20.4. The first-order chi connectivity index (χ1) is 17.0. The summed E-state index contributed by atoms with van der Waals surface area (Å²) in [6.07, 6.45) is 1.60. The average Bonchev–Trinajstić information content (AvgIpc) is 3.23. The number of esters is 1. The lowest BCUT2D eigenvalue weighted by Gasteiger charge is -2.15. The predicted octanol–water partition coefficient (Wildman–Crippen LogP) is 5.57. The molecule has 4 aromatic rings. The van der Waals surface area contributed by atoms with Crippen LogP contribution in [0.3, 0.4) is 0 Å². The largest absolute Gasteiger partial charge is 0.489 e. The summed E-state index contributed by atoms with van der Waals surface area (Å²) in [4.78, 5) is 12.4. The lowest BCUT2D eigenvalue weighted by atomic mass is 9.98. The number of fused-ring (bicyclic) bond motifs is 1. The Morgan fingerprint density at radius 1 is 1.06 bits per heavy atom. The minimum Gasteiger partial charge on any atom is -0.489 e. The van der Waals surface area contributed by atoms with Crippen molar-refractivity contribution in [3.8, 4) is 16.9 Å². The molecule has 1 aromatic heterocycles. The van der Waals surface area contributed by atoms with Crippen LogP contribution >= 0.6 is 0 Å². The molecule has 0 aliphatic carbocycles. The molecule has 0 amide bonds. The van der Waals surface area contributed by atoms with Gasteiger partial charge in [0.2, 0.25) is 0 Å². The Hall–Kier alpha value is -3.61. The molecule has 0 saturated carbocycles. The standard InChI is InChI=1S/C29H31NO5/c1-19-16-34-29-25(19)12-22(13-26(29)23-9-6-7-21(11-23)15-30)18-33-27-10-5-4-8-24(27)14-28(31)35-20(2)17-32-3/h4-13,16,20H,14-15,17-18,30H2,1-3H3. The lowest BCUT2D eigenvalue weighted by molar-refractivity contribution is -0.149. The summed E-state index contributed by atoms with van der Waals surface area (Å²) < 4.78 is 22.5. The van der Waals surface area contributed by atoms with Gasteiger partial charge in [-0.1, -0.05) is 36.4 Å². The zero-order valence-electron chi connectivity index (χ0n) is 20.4. The third kappa shape index (κ3) is 5.91. The number of methoxy groups -OCH3 is 1. The molecule has 0 aliphatic heterocycles. The van der Waals surface area contributed by atoms with Crippen LogP contribution in [0.4, 0.5) is 0 Å². The number of carbonyl (C=O) groups is 1. The molecule has 1 unspecified atom stereocenters. The van der Waals surface area contributed by atoms with E-state index in [2.05, 4.69) is 24.3 Å². The summed E-state index contributed by atoms with van der Waals surface area (Å²) in [5, 5.41) is 1.04. The first-order valence-electron chi connectivity index (χ1n) is 11.7. The van der Waals surface area contributed by atoms with Crippen LogP contribution in [0.2, 0.25) is 0 Å². The van der Waals surface area contributed by atoms with Crippen LogP contribution in [0, 0.1) is 6.92 Å². The molecule has 182 valence electrons. The van der Waals surface area contributed by atoms with Gasteiger partial charge >= 0.3 is 5.97 Å². The maximum Gasteiger partial charge on any atom is 0.310 e. The van der Waals surface area contributed by atoms with E-state index in [0.717, 1.165) is 44.3 Å². The summed E-state index contributed by atoms with van der Waals surface area (Å²) in [5.41, 5.74) is 12.6. The van der Waals surface area contributed by atoms with Crippen molar-refractivity contribution >= 4 is 16.9 Å². The number of rotatable bonds is 10. The Morgan fingerprint density at radius 3 is 2.69 bits per heavy atom. The van der Waals surface area contributed by atoms with Gasteiger partial charge in [-0.05, 0) is 60.4 Å². The quantitative estimate of drug-likeness (QED) is 0.303. The molecule has 2 N–H and O–H groups in total. The highest BCUT2D eigenvalue weighted by atomic mass is 16.6. The molecule has 0 saturated heterocycles. The van der Waals surface area contributed by atoms with Crippen molar-refractivity contribution < 1.29 is 23.4 Å². The second-order valence-corrected chi connectivity index (χ2v) is 8.67. The topological polar surface area (TPSA) is 83.9 Å². The first-order valence-corrected chi connectivity index (χ1v) is 11.7. The number of benzene rings is 3. The fraction of sp³-hybridized carbons (Fsp3) is 0.276. The van der Waals surface area contributed by atoms with Gasteiger partial charge in [-0.15, -0.1) is 0 Å². The minimum atomic E-state index is -0.317. The van der Waals surface area contributed by atoms with Crippen LogP contribution in [0.5, 0.6) is 5.75 Å². The molecule has 6 heteroatoms. The van der Waals surface area contributed by atoms with Gasteiger partial charge < -0.3 is 24.4 Å². The zero-order chi connectivity index (χ0) is 24.8. The number of hydrogen-bond acceptors (Lipinski definition) is 6. The number of furan rings is 1.